The van der Waals surface area contributed by atoms with E-state index in [2.05, 4.69) is 38.1 Å². The smallest absolute Gasteiger partial charge is 0.259 e. The average molecular weight is 459 g/mol. The summed E-state index contributed by atoms with van der Waals surface area (Å²) in [7, 11) is -3.45. The minimum absolute atomic E-state index is 0.0354. The summed E-state index contributed by atoms with van der Waals surface area (Å²) in [5.74, 6) is -0.0987. The Morgan fingerprint density at radius 2 is 1.88 bits per heavy atom. The lowest BCUT2D eigenvalue weighted by Gasteiger charge is -2.22. The highest BCUT2D eigenvalue weighted by molar-refractivity contribution is 7.91. The van der Waals surface area contributed by atoms with Crippen molar-refractivity contribution in [1.29, 1.82) is 0 Å². The molecule has 3 N–H and O–H groups in total. The van der Waals surface area contributed by atoms with E-state index in [-0.39, 0.29) is 23.2 Å². The van der Waals surface area contributed by atoms with Crippen LogP contribution in [0.1, 0.15) is 86.8 Å². The van der Waals surface area contributed by atoms with Crippen molar-refractivity contribution in [3.05, 3.63) is 63.7 Å². The van der Waals surface area contributed by atoms with Crippen LogP contribution in [0.15, 0.2) is 39.6 Å². The maximum absolute atomic E-state index is 13.2. The summed E-state index contributed by atoms with van der Waals surface area (Å²) in [6, 6.07) is 8.62. The predicted octanol–water partition coefficient (Wildman–Crippen LogP) is 4.66. The second-order valence-electron chi connectivity index (χ2n) is 9.62. The molecule has 0 saturated heterocycles. The van der Waals surface area contributed by atoms with Gasteiger partial charge in [0.15, 0.2) is 0 Å². The minimum Gasteiger partial charge on any atom is -0.386 e. The van der Waals surface area contributed by atoms with Gasteiger partial charge >= 0.3 is 0 Å². The van der Waals surface area contributed by atoms with Gasteiger partial charge in [-0.25, -0.2) is 9.35 Å². The Labute approximate surface area is 191 Å². The van der Waals surface area contributed by atoms with Gasteiger partial charge in [0.2, 0.25) is 0 Å². The number of benzene rings is 2. The number of fused-ring (bicyclic) bond motifs is 1. The molecule has 0 saturated carbocycles. The van der Waals surface area contributed by atoms with Gasteiger partial charge in [0.05, 0.1) is 30.1 Å². The number of aliphatic hydroxyl groups is 1. The number of carbonyl (C=O) groups excluding carboxylic acids is 1. The molecule has 0 aromatic heterocycles. The average Bonchev–Trinajstić information content (AvgIpc) is 3.14. The van der Waals surface area contributed by atoms with Gasteiger partial charge in [0.25, 0.3) is 5.91 Å². The van der Waals surface area contributed by atoms with E-state index in [0.717, 1.165) is 22.3 Å². The summed E-state index contributed by atoms with van der Waals surface area (Å²) in [6.45, 7) is 12.8. The van der Waals surface area contributed by atoms with Crippen LogP contribution >= 0.6 is 0 Å². The molecule has 32 heavy (non-hydrogen) atoms. The Bertz CT molecular complexity index is 1150. The second kappa shape index (κ2) is 9.06. The van der Waals surface area contributed by atoms with Gasteiger partial charge < -0.3 is 9.84 Å². The van der Waals surface area contributed by atoms with Crippen LogP contribution < -0.4 is 5.14 Å². The van der Waals surface area contributed by atoms with E-state index in [1.807, 2.05) is 0 Å². The molecular formula is C25H34N2O4S. The second-order valence-corrected chi connectivity index (χ2v) is 11.4. The third kappa shape index (κ3) is 5.12. The summed E-state index contributed by atoms with van der Waals surface area (Å²) in [4.78, 5) is 13.2. The lowest BCUT2D eigenvalue weighted by atomic mass is 9.82. The quantitative estimate of drug-likeness (QED) is 0.657. The molecule has 0 radical (unpaired) electrons. The monoisotopic (exact) mass is 458 g/mol. The molecule has 3 rings (SSSR count). The fourth-order valence-corrected chi connectivity index (χ4v) is 5.33. The molecule has 2 aromatic carbocycles. The standard InChI is InChI=1S/C25H34N2O4S/c1-15(2)20-10-17-13-31-14-22(17)24(16(3)4)21(20)12-23(28)27-32(26,30)19-9-7-8-18(11-19)25(5,6)29/h7-11,15-16,29H,12-14H2,1-6H3,(H2,26,27,28,30). The van der Waals surface area contributed by atoms with Gasteiger partial charge in [-0.05, 0) is 71.2 Å². The molecular weight excluding hydrogens is 424 g/mol. The first-order valence-electron chi connectivity index (χ1n) is 11.0. The van der Waals surface area contributed by atoms with Crippen molar-refractivity contribution in [2.45, 2.75) is 83.5 Å². The van der Waals surface area contributed by atoms with Gasteiger partial charge in [0, 0.05) is 0 Å². The van der Waals surface area contributed by atoms with Gasteiger partial charge in [-0.3, -0.25) is 4.79 Å². The number of carbonyl (C=O) groups is 1. The van der Waals surface area contributed by atoms with E-state index < -0.39 is 21.4 Å². The molecule has 1 aliphatic rings. The summed E-state index contributed by atoms with van der Waals surface area (Å²) in [6.07, 6.45) is 0.0354. The van der Waals surface area contributed by atoms with E-state index in [9.17, 15) is 14.1 Å². The van der Waals surface area contributed by atoms with Crippen LogP contribution in [0.3, 0.4) is 0 Å². The highest BCUT2D eigenvalue weighted by atomic mass is 32.2. The van der Waals surface area contributed by atoms with Crippen molar-refractivity contribution in [2.75, 3.05) is 0 Å². The zero-order valence-corrected chi connectivity index (χ0v) is 20.6. The summed E-state index contributed by atoms with van der Waals surface area (Å²) < 4.78 is 22.8. The lowest BCUT2D eigenvalue weighted by molar-refractivity contribution is -0.117. The first-order valence-corrected chi connectivity index (χ1v) is 12.5. The van der Waals surface area contributed by atoms with E-state index in [1.165, 1.54) is 5.56 Å². The first kappa shape index (κ1) is 24.6. The van der Waals surface area contributed by atoms with Crippen LogP contribution in [0.25, 0.3) is 0 Å². The SMILES string of the molecule is CC(C)c1cc2c(c(C(C)C)c1CC(=O)N=S(N)(=O)c1cccc(C(C)(C)O)c1)COC2. The molecule has 0 bridgehead atoms. The number of nitrogens with zero attached hydrogens (tertiary/aromatic N) is 1. The molecule has 6 nitrogen and oxygen atoms in total. The summed E-state index contributed by atoms with van der Waals surface area (Å²) >= 11 is 0. The van der Waals surface area contributed by atoms with Crippen LogP contribution in [0.4, 0.5) is 0 Å². The number of amides is 1. The zero-order valence-electron chi connectivity index (χ0n) is 19.8. The number of hydrogen-bond donors (Lipinski definition) is 2. The van der Waals surface area contributed by atoms with Crippen LogP contribution in [0.2, 0.25) is 0 Å². The number of hydrogen-bond acceptors (Lipinski definition) is 4. The van der Waals surface area contributed by atoms with Crippen LogP contribution in [-0.4, -0.2) is 15.2 Å². The summed E-state index contributed by atoms with van der Waals surface area (Å²) in [5, 5.41) is 16.3. The highest BCUT2D eigenvalue weighted by Crippen LogP contribution is 2.37. The van der Waals surface area contributed by atoms with Crippen molar-refractivity contribution < 1.29 is 18.8 Å². The Morgan fingerprint density at radius 3 is 2.47 bits per heavy atom. The Kier molecular flexibility index (Phi) is 6.96. The van der Waals surface area contributed by atoms with Crippen molar-refractivity contribution in [3.63, 3.8) is 0 Å². The predicted molar refractivity (Wildman–Crippen MR) is 127 cm³/mol. The molecule has 174 valence electrons. The van der Waals surface area contributed by atoms with Gasteiger partial charge in [-0.1, -0.05) is 45.9 Å². The number of nitrogens with two attached hydrogens (primary N) is 1. The van der Waals surface area contributed by atoms with Gasteiger partial charge in [0.1, 0.15) is 9.92 Å². The molecule has 1 aliphatic heterocycles. The third-order valence-electron chi connectivity index (χ3n) is 5.86. The Hall–Kier alpha value is -2.06. The molecule has 0 fully saturated rings. The van der Waals surface area contributed by atoms with Gasteiger partial charge in [-0.2, -0.15) is 0 Å². The molecule has 1 unspecified atom stereocenters. The lowest BCUT2D eigenvalue weighted by Crippen LogP contribution is -2.20. The maximum Gasteiger partial charge on any atom is 0.259 e. The zero-order chi connectivity index (χ0) is 23.8. The van der Waals surface area contributed by atoms with Crippen LogP contribution in [0.5, 0.6) is 0 Å². The largest absolute Gasteiger partial charge is 0.386 e. The molecule has 1 amide bonds. The van der Waals surface area contributed by atoms with E-state index in [4.69, 9.17) is 9.88 Å². The van der Waals surface area contributed by atoms with Crippen molar-refractivity contribution in [1.82, 2.24) is 0 Å². The molecule has 1 heterocycles. The Morgan fingerprint density at radius 1 is 1.19 bits per heavy atom. The molecule has 1 atom stereocenters. The van der Waals surface area contributed by atoms with E-state index >= 15 is 0 Å². The Balaban J connectivity index is 2.04. The van der Waals surface area contributed by atoms with Crippen molar-refractivity contribution >= 4 is 15.8 Å². The number of ether oxygens (including phenoxy) is 1. The van der Waals surface area contributed by atoms with E-state index in [1.54, 1.807) is 38.1 Å². The summed E-state index contributed by atoms with van der Waals surface area (Å²) in [5.41, 5.74) is 4.91. The van der Waals surface area contributed by atoms with E-state index in [0.29, 0.717) is 18.8 Å². The molecule has 0 aliphatic carbocycles. The molecule has 0 spiro atoms. The maximum atomic E-state index is 13.2. The fourth-order valence-electron chi connectivity index (χ4n) is 4.29. The van der Waals surface area contributed by atoms with Crippen LogP contribution in [0, 0.1) is 0 Å². The first-order chi connectivity index (χ1) is 14.8. The topological polar surface area (TPSA) is 102 Å². The van der Waals surface area contributed by atoms with Crippen LogP contribution in [-0.2, 0) is 44.7 Å². The highest BCUT2D eigenvalue weighted by Gasteiger charge is 2.26. The van der Waals surface area contributed by atoms with Crippen molar-refractivity contribution in [3.8, 4) is 0 Å². The number of rotatable bonds is 6. The third-order valence-corrected chi connectivity index (χ3v) is 7.27. The minimum atomic E-state index is -3.45. The molecule has 2 aromatic rings. The van der Waals surface area contributed by atoms with Gasteiger partial charge in [-0.15, -0.1) is 4.36 Å². The van der Waals surface area contributed by atoms with Crippen molar-refractivity contribution in [2.24, 2.45) is 9.50 Å². The fraction of sp³-hybridized carbons (Fsp3) is 0.480. The normalized spacial score (nSPS) is 15.7. The molecule has 7 heteroatoms.